The zero-order valence-corrected chi connectivity index (χ0v) is 13.7. The third-order valence-corrected chi connectivity index (χ3v) is 3.68. The van der Waals surface area contributed by atoms with Crippen molar-refractivity contribution >= 4 is 11.6 Å². The molecule has 0 fully saturated rings. The molecule has 0 aliphatic heterocycles. The standard InChI is InChI=1S/C16H28N4O/c1-5-19(6-2)12-11-17-14-9-10-18-15(13-14)16(21)20(7-3)8-4/h9-10,13H,5-8,11-12H2,1-4H3,(H,17,18). The highest BCUT2D eigenvalue weighted by Crippen LogP contribution is 2.10. The number of pyridine rings is 1. The molecule has 0 saturated carbocycles. The van der Waals surface area contributed by atoms with Crippen molar-refractivity contribution in [1.29, 1.82) is 0 Å². The maximum absolute atomic E-state index is 12.3. The zero-order valence-electron chi connectivity index (χ0n) is 13.7. The molecule has 0 aliphatic carbocycles. The van der Waals surface area contributed by atoms with Crippen LogP contribution in [0.15, 0.2) is 18.3 Å². The van der Waals surface area contributed by atoms with Crippen LogP contribution in [0, 0.1) is 0 Å². The molecule has 1 N–H and O–H groups in total. The summed E-state index contributed by atoms with van der Waals surface area (Å²) in [5, 5.41) is 3.36. The molecule has 0 radical (unpaired) electrons. The third kappa shape index (κ3) is 5.34. The van der Waals surface area contributed by atoms with Gasteiger partial charge in [-0.25, -0.2) is 0 Å². The van der Waals surface area contributed by atoms with E-state index in [0.717, 1.165) is 31.9 Å². The highest BCUT2D eigenvalue weighted by Gasteiger charge is 2.14. The van der Waals surface area contributed by atoms with Crippen molar-refractivity contribution in [2.75, 3.05) is 44.6 Å². The molecule has 5 nitrogen and oxygen atoms in total. The maximum Gasteiger partial charge on any atom is 0.272 e. The SMILES string of the molecule is CCN(CC)CCNc1ccnc(C(=O)N(CC)CC)c1. The molecule has 0 spiro atoms. The smallest absolute Gasteiger partial charge is 0.272 e. The van der Waals surface area contributed by atoms with E-state index in [2.05, 4.69) is 29.0 Å². The van der Waals surface area contributed by atoms with Gasteiger partial charge in [-0.15, -0.1) is 0 Å². The van der Waals surface area contributed by atoms with E-state index in [1.165, 1.54) is 0 Å². The van der Waals surface area contributed by atoms with Gasteiger partial charge >= 0.3 is 0 Å². The zero-order chi connectivity index (χ0) is 15.7. The molecular formula is C16H28N4O. The van der Waals surface area contributed by atoms with Gasteiger partial charge in [0, 0.05) is 38.1 Å². The summed E-state index contributed by atoms with van der Waals surface area (Å²) < 4.78 is 0. The van der Waals surface area contributed by atoms with Crippen molar-refractivity contribution < 1.29 is 4.79 Å². The molecule has 1 aromatic rings. The van der Waals surface area contributed by atoms with E-state index in [1.54, 1.807) is 11.1 Å². The van der Waals surface area contributed by atoms with Crippen LogP contribution in [0.4, 0.5) is 5.69 Å². The van der Waals surface area contributed by atoms with Crippen molar-refractivity contribution in [1.82, 2.24) is 14.8 Å². The minimum absolute atomic E-state index is 0.00704. The Balaban J connectivity index is 2.62. The molecule has 0 aliphatic rings. The Morgan fingerprint density at radius 1 is 1.14 bits per heavy atom. The Hall–Kier alpha value is -1.62. The Kier molecular flexibility index (Phi) is 7.75. The topological polar surface area (TPSA) is 48.5 Å². The van der Waals surface area contributed by atoms with Gasteiger partial charge in [-0.05, 0) is 39.1 Å². The summed E-state index contributed by atoms with van der Waals surface area (Å²) in [5.41, 5.74) is 1.46. The van der Waals surface area contributed by atoms with Gasteiger partial charge < -0.3 is 15.1 Å². The molecule has 0 atom stereocenters. The summed E-state index contributed by atoms with van der Waals surface area (Å²) in [7, 11) is 0. The lowest BCUT2D eigenvalue weighted by Gasteiger charge is -2.19. The van der Waals surface area contributed by atoms with E-state index in [4.69, 9.17) is 0 Å². The number of carbonyl (C=O) groups excluding carboxylic acids is 1. The number of hydrogen-bond donors (Lipinski definition) is 1. The Morgan fingerprint density at radius 2 is 1.81 bits per heavy atom. The van der Waals surface area contributed by atoms with Crippen molar-refractivity contribution in [2.45, 2.75) is 27.7 Å². The second kappa shape index (κ2) is 9.34. The normalized spacial score (nSPS) is 10.7. The Labute approximate surface area is 128 Å². The number of amides is 1. The average Bonchev–Trinajstić information content (AvgIpc) is 2.53. The van der Waals surface area contributed by atoms with Crippen LogP contribution in [-0.4, -0.2) is 60.0 Å². The summed E-state index contributed by atoms with van der Waals surface area (Å²) in [6.45, 7) is 13.7. The van der Waals surface area contributed by atoms with Crippen molar-refractivity contribution in [3.05, 3.63) is 24.0 Å². The average molecular weight is 292 g/mol. The molecule has 1 heterocycles. The second-order valence-corrected chi connectivity index (χ2v) is 4.86. The highest BCUT2D eigenvalue weighted by molar-refractivity contribution is 5.93. The minimum Gasteiger partial charge on any atom is -0.384 e. The third-order valence-electron chi connectivity index (χ3n) is 3.68. The number of carbonyl (C=O) groups is 1. The number of likely N-dealkylation sites (N-methyl/N-ethyl adjacent to an activating group) is 1. The molecule has 0 aromatic carbocycles. The van der Waals surface area contributed by atoms with Gasteiger partial charge in [-0.2, -0.15) is 0 Å². The molecular weight excluding hydrogens is 264 g/mol. The summed E-state index contributed by atoms with van der Waals surface area (Å²) in [4.78, 5) is 20.6. The lowest BCUT2D eigenvalue weighted by Crippen LogP contribution is -2.31. The predicted molar refractivity (Wildman–Crippen MR) is 87.8 cm³/mol. The molecule has 5 heteroatoms. The van der Waals surface area contributed by atoms with E-state index in [0.29, 0.717) is 18.8 Å². The molecule has 1 amide bonds. The number of hydrogen-bond acceptors (Lipinski definition) is 4. The molecule has 118 valence electrons. The largest absolute Gasteiger partial charge is 0.384 e. The summed E-state index contributed by atoms with van der Waals surface area (Å²) in [6.07, 6.45) is 1.69. The first-order valence-electron chi connectivity index (χ1n) is 7.87. The number of anilines is 1. The maximum atomic E-state index is 12.3. The summed E-state index contributed by atoms with van der Waals surface area (Å²) >= 11 is 0. The fraction of sp³-hybridized carbons (Fsp3) is 0.625. The van der Waals surface area contributed by atoms with Gasteiger partial charge in [0.2, 0.25) is 0 Å². The van der Waals surface area contributed by atoms with Crippen LogP contribution < -0.4 is 5.32 Å². The number of aromatic nitrogens is 1. The quantitative estimate of drug-likeness (QED) is 0.759. The van der Waals surface area contributed by atoms with E-state index >= 15 is 0 Å². The lowest BCUT2D eigenvalue weighted by atomic mass is 10.2. The molecule has 1 rings (SSSR count). The van der Waals surface area contributed by atoms with Gasteiger partial charge in [0.25, 0.3) is 5.91 Å². The van der Waals surface area contributed by atoms with Crippen LogP contribution in [0.1, 0.15) is 38.2 Å². The van der Waals surface area contributed by atoms with Crippen LogP contribution in [0.3, 0.4) is 0 Å². The van der Waals surface area contributed by atoms with Crippen LogP contribution >= 0.6 is 0 Å². The van der Waals surface area contributed by atoms with Crippen molar-refractivity contribution in [3.8, 4) is 0 Å². The number of nitrogens with zero attached hydrogens (tertiary/aromatic N) is 3. The van der Waals surface area contributed by atoms with Gasteiger partial charge in [0.1, 0.15) is 5.69 Å². The first-order valence-corrected chi connectivity index (χ1v) is 7.87. The van der Waals surface area contributed by atoms with Gasteiger partial charge in [0.05, 0.1) is 0 Å². The first-order chi connectivity index (χ1) is 10.2. The molecule has 0 bridgehead atoms. The fourth-order valence-electron chi connectivity index (χ4n) is 2.23. The Bertz CT molecular complexity index is 428. The van der Waals surface area contributed by atoms with Crippen LogP contribution in [0.2, 0.25) is 0 Å². The molecule has 1 aromatic heterocycles. The van der Waals surface area contributed by atoms with Crippen LogP contribution in [0.5, 0.6) is 0 Å². The summed E-state index contributed by atoms with van der Waals surface area (Å²) in [6, 6.07) is 3.74. The lowest BCUT2D eigenvalue weighted by molar-refractivity contribution is 0.0767. The molecule has 21 heavy (non-hydrogen) atoms. The van der Waals surface area contributed by atoms with E-state index in [-0.39, 0.29) is 5.91 Å². The number of nitrogens with one attached hydrogen (secondary N) is 1. The van der Waals surface area contributed by atoms with Crippen molar-refractivity contribution in [3.63, 3.8) is 0 Å². The van der Waals surface area contributed by atoms with Gasteiger partial charge in [-0.3, -0.25) is 9.78 Å². The van der Waals surface area contributed by atoms with Crippen molar-refractivity contribution in [2.24, 2.45) is 0 Å². The Morgan fingerprint density at radius 3 is 2.38 bits per heavy atom. The molecule has 0 unspecified atom stereocenters. The van der Waals surface area contributed by atoms with Gasteiger partial charge in [-0.1, -0.05) is 13.8 Å². The summed E-state index contributed by atoms with van der Waals surface area (Å²) in [5.74, 6) is -0.00704. The minimum atomic E-state index is -0.00704. The van der Waals surface area contributed by atoms with E-state index in [1.807, 2.05) is 26.0 Å². The van der Waals surface area contributed by atoms with Gasteiger partial charge in [0.15, 0.2) is 0 Å². The number of rotatable bonds is 9. The van der Waals surface area contributed by atoms with Crippen LogP contribution in [0.25, 0.3) is 0 Å². The first kappa shape index (κ1) is 17.4. The monoisotopic (exact) mass is 292 g/mol. The highest BCUT2D eigenvalue weighted by atomic mass is 16.2. The predicted octanol–water partition coefficient (Wildman–Crippen LogP) is 2.32. The fourth-order valence-corrected chi connectivity index (χ4v) is 2.23. The van der Waals surface area contributed by atoms with E-state index in [9.17, 15) is 4.79 Å². The second-order valence-electron chi connectivity index (χ2n) is 4.86. The van der Waals surface area contributed by atoms with E-state index < -0.39 is 0 Å². The van der Waals surface area contributed by atoms with Crippen LogP contribution in [-0.2, 0) is 0 Å². The molecule has 0 saturated heterocycles.